The normalized spacial score (nSPS) is 18.2. The molecule has 1 aliphatic rings. The fourth-order valence-corrected chi connectivity index (χ4v) is 4.19. The molecule has 1 aromatic heterocycles. The van der Waals surface area contributed by atoms with Crippen molar-refractivity contribution in [1.82, 2.24) is 10.0 Å². The molecule has 1 aliphatic carbocycles. The number of rotatable bonds is 6. The predicted octanol–water partition coefficient (Wildman–Crippen LogP) is 1.69. The van der Waals surface area contributed by atoms with Crippen molar-refractivity contribution in [2.45, 2.75) is 43.0 Å². The second kappa shape index (κ2) is 4.68. The quantitative estimate of drug-likeness (QED) is 0.830. The summed E-state index contributed by atoms with van der Waals surface area (Å²) >= 11 is 1.28. The van der Waals surface area contributed by atoms with Crippen LogP contribution in [0, 0.1) is 0 Å². The Kier molecular flexibility index (Phi) is 3.58. The van der Waals surface area contributed by atoms with Gasteiger partial charge >= 0.3 is 0 Å². The van der Waals surface area contributed by atoms with Crippen LogP contribution in [0.4, 0.5) is 0 Å². The average Bonchev–Trinajstić information content (AvgIpc) is 2.81. The van der Waals surface area contributed by atoms with Gasteiger partial charge in [-0.2, -0.15) is 0 Å². The molecule has 0 bridgehead atoms. The van der Waals surface area contributed by atoms with Crippen molar-refractivity contribution in [3.63, 3.8) is 0 Å². The Morgan fingerprint density at radius 1 is 1.47 bits per heavy atom. The highest BCUT2D eigenvalue weighted by Gasteiger charge is 2.41. The minimum absolute atomic E-state index is 0.204. The standard InChI is InChI=1S/C11H18N2O2S2/c1-3-12-7-9-6-10(16-8-9)17(14,15)13-11(2)4-5-11/h6,8,12-13H,3-5,7H2,1-2H3. The Morgan fingerprint density at radius 3 is 2.76 bits per heavy atom. The molecule has 1 saturated carbocycles. The molecule has 0 atom stereocenters. The molecule has 17 heavy (non-hydrogen) atoms. The van der Waals surface area contributed by atoms with Gasteiger partial charge in [-0.3, -0.25) is 0 Å². The predicted molar refractivity (Wildman–Crippen MR) is 69.7 cm³/mol. The molecular formula is C11H18N2O2S2. The SMILES string of the molecule is CCNCc1csc(S(=O)(=O)NC2(C)CC2)c1. The molecule has 0 saturated heterocycles. The number of sulfonamides is 1. The topological polar surface area (TPSA) is 58.2 Å². The summed E-state index contributed by atoms with van der Waals surface area (Å²) in [6.45, 7) is 5.57. The van der Waals surface area contributed by atoms with E-state index < -0.39 is 10.0 Å². The van der Waals surface area contributed by atoms with Crippen molar-refractivity contribution in [1.29, 1.82) is 0 Å². The van der Waals surface area contributed by atoms with Crippen LogP contribution in [0.5, 0.6) is 0 Å². The van der Waals surface area contributed by atoms with Gasteiger partial charge in [-0.05, 0) is 43.3 Å². The summed E-state index contributed by atoms with van der Waals surface area (Å²) in [5.41, 5.74) is 0.822. The zero-order chi connectivity index (χ0) is 12.5. The molecule has 96 valence electrons. The van der Waals surface area contributed by atoms with Crippen LogP contribution in [0.15, 0.2) is 15.7 Å². The van der Waals surface area contributed by atoms with E-state index in [1.54, 1.807) is 6.07 Å². The van der Waals surface area contributed by atoms with Crippen LogP contribution in [0.2, 0.25) is 0 Å². The van der Waals surface area contributed by atoms with E-state index in [1.807, 2.05) is 19.2 Å². The Hall–Kier alpha value is -0.430. The minimum Gasteiger partial charge on any atom is -0.313 e. The molecule has 0 radical (unpaired) electrons. The molecule has 0 aromatic carbocycles. The maximum Gasteiger partial charge on any atom is 0.250 e. The Bertz CT molecular complexity index is 489. The van der Waals surface area contributed by atoms with Crippen LogP contribution in [0.3, 0.4) is 0 Å². The highest BCUT2D eigenvalue weighted by atomic mass is 32.2. The first kappa shape index (κ1) is 13.0. The molecule has 1 fully saturated rings. The van der Waals surface area contributed by atoms with Gasteiger partial charge in [0.15, 0.2) is 0 Å². The number of thiophene rings is 1. The fraction of sp³-hybridized carbons (Fsp3) is 0.636. The van der Waals surface area contributed by atoms with Gasteiger partial charge in [-0.25, -0.2) is 13.1 Å². The van der Waals surface area contributed by atoms with E-state index in [2.05, 4.69) is 10.0 Å². The minimum atomic E-state index is -3.32. The molecule has 0 amide bonds. The first-order valence-corrected chi connectivity index (χ1v) is 8.14. The van der Waals surface area contributed by atoms with Gasteiger partial charge < -0.3 is 5.32 Å². The van der Waals surface area contributed by atoms with Crippen LogP contribution in [0.25, 0.3) is 0 Å². The number of hydrogen-bond acceptors (Lipinski definition) is 4. The summed E-state index contributed by atoms with van der Waals surface area (Å²) in [5.74, 6) is 0. The van der Waals surface area contributed by atoms with Gasteiger partial charge in [-0.15, -0.1) is 11.3 Å². The molecule has 0 spiro atoms. The zero-order valence-corrected chi connectivity index (χ0v) is 11.7. The molecule has 2 N–H and O–H groups in total. The summed E-state index contributed by atoms with van der Waals surface area (Å²) in [4.78, 5) is 0. The molecular weight excluding hydrogens is 256 g/mol. The molecule has 0 unspecified atom stereocenters. The first-order chi connectivity index (χ1) is 7.95. The van der Waals surface area contributed by atoms with Crippen LogP contribution < -0.4 is 10.0 Å². The van der Waals surface area contributed by atoms with Crippen LogP contribution in [-0.4, -0.2) is 20.5 Å². The van der Waals surface area contributed by atoms with Crippen molar-refractivity contribution in [2.24, 2.45) is 0 Å². The molecule has 1 heterocycles. The van der Waals surface area contributed by atoms with E-state index >= 15 is 0 Å². The van der Waals surface area contributed by atoms with Gasteiger partial charge in [-0.1, -0.05) is 6.92 Å². The highest BCUT2D eigenvalue weighted by molar-refractivity contribution is 7.91. The lowest BCUT2D eigenvalue weighted by Gasteiger charge is -2.10. The van der Waals surface area contributed by atoms with Crippen molar-refractivity contribution in [2.75, 3.05) is 6.54 Å². The van der Waals surface area contributed by atoms with Gasteiger partial charge in [0.2, 0.25) is 0 Å². The Balaban J connectivity index is 2.08. The summed E-state index contributed by atoms with van der Waals surface area (Å²) in [5, 5.41) is 5.08. The number of hydrogen-bond donors (Lipinski definition) is 2. The third-order valence-corrected chi connectivity index (χ3v) is 5.98. The largest absolute Gasteiger partial charge is 0.313 e. The van der Waals surface area contributed by atoms with Crippen molar-refractivity contribution < 1.29 is 8.42 Å². The molecule has 1 aromatic rings. The maximum atomic E-state index is 12.1. The smallest absolute Gasteiger partial charge is 0.250 e. The van der Waals surface area contributed by atoms with E-state index in [9.17, 15) is 8.42 Å². The van der Waals surface area contributed by atoms with Gasteiger partial charge in [0.05, 0.1) is 0 Å². The fourth-order valence-electron chi connectivity index (χ4n) is 1.52. The summed E-state index contributed by atoms with van der Waals surface area (Å²) in [7, 11) is -3.32. The Morgan fingerprint density at radius 2 is 2.18 bits per heavy atom. The first-order valence-electron chi connectivity index (χ1n) is 5.77. The molecule has 0 aliphatic heterocycles. The lowest BCUT2D eigenvalue weighted by atomic mass is 10.3. The van der Waals surface area contributed by atoms with E-state index in [4.69, 9.17) is 0 Å². The second-order valence-corrected chi connectivity index (χ2v) is 7.54. The summed E-state index contributed by atoms with van der Waals surface area (Å²) < 4.78 is 27.3. The maximum absolute atomic E-state index is 12.1. The summed E-state index contributed by atoms with van der Waals surface area (Å²) in [6.07, 6.45) is 1.86. The molecule has 6 heteroatoms. The van der Waals surface area contributed by atoms with Crippen LogP contribution >= 0.6 is 11.3 Å². The van der Waals surface area contributed by atoms with Crippen LogP contribution in [0.1, 0.15) is 32.3 Å². The molecule has 2 rings (SSSR count). The highest BCUT2D eigenvalue weighted by Crippen LogP contribution is 2.36. The average molecular weight is 274 g/mol. The van der Waals surface area contributed by atoms with E-state index in [1.165, 1.54) is 11.3 Å². The summed E-state index contributed by atoms with van der Waals surface area (Å²) in [6, 6.07) is 1.75. The lowest BCUT2D eigenvalue weighted by molar-refractivity contribution is 0.560. The van der Waals surface area contributed by atoms with Gasteiger partial charge in [0.1, 0.15) is 4.21 Å². The van der Waals surface area contributed by atoms with E-state index in [-0.39, 0.29) is 5.54 Å². The third-order valence-electron chi connectivity index (χ3n) is 2.85. The van der Waals surface area contributed by atoms with Crippen molar-refractivity contribution in [3.05, 3.63) is 17.0 Å². The molecule has 4 nitrogen and oxygen atoms in total. The van der Waals surface area contributed by atoms with E-state index in [0.717, 1.165) is 31.5 Å². The van der Waals surface area contributed by atoms with Crippen molar-refractivity contribution in [3.8, 4) is 0 Å². The Labute approximate surface area is 106 Å². The van der Waals surface area contributed by atoms with Gasteiger partial charge in [0.25, 0.3) is 10.0 Å². The second-order valence-electron chi connectivity index (χ2n) is 4.72. The van der Waals surface area contributed by atoms with Crippen LogP contribution in [-0.2, 0) is 16.6 Å². The lowest BCUT2D eigenvalue weighted by Crippen LogP contribution is -2.33. The van der Waals surface area contributed by atoms with Crippen molar-refractivity contribution >= 4 is 21.4 Å². The zero-order valence-electron chi connectivity index (χ0n) is 10.1. The number of nitrogens with one attached hydrogen (secondary N) is 2. The van der Waals surface area contributed by atoms with Gasteiger partial charge in [0, 0.05) is 12.1 Å². The van der Waals surface area contributed by atoms with E-state index in [0.29, 0.717) is 4.21 Å². The third kappa shape index (κ3) is 3.28. The monoisotopic (exact) mass is 274 g/mol.